The molecule has 0 saturated heterocycles. The summed E-state index contributed by atoms with van der Waals surface area (Å²) in [5, 5.41) is 7.75. The molecule has 0 aliphatic rings. The number of nitrogens with one attached hydrogen (secondary N) is 1. The molecule has 0 spiro atoms. The number of aromatic nitrogens is 2. The molecule has 0 saturated carbocycles. The largest absolute Gasteiger partial charge is 0.493 e. The third-order valence-corrected chi connectivity index (χ3v) is 3.13. The summed E-state index contributed by atoms with van der Waals surface area (Å²) in [5.41, 5.74) is 2.19. The van der Waals surface area contributed by atoms with Crippen LogP contribution in [0.5, 0.6) is 11.5 Å². The van der Waals surface area contributed by atoms with Crippen molar-refractivity contribution in [3.8, 4) is 11.5 Å². The van der Waals surface area contributed by atoms with Crippen LogP contribution in [0.3, 0.4) is 0 Å². The predicted octanol–water partition coefficient (Wildman–Crippen LogP) is 1.77. The van der Waals surface area contributed by atoms with Crippen molar-refractivity contribution in [2.45, 2.75) is 13.0 Å². The van der Waals surface area contributed by atoms with Gasteiger partial charge >= 0.3 is 0 Å². The number of methoxy groups -OCH3 is 2. The van der Waals surface area contributed by atoms with E-state index in [2.05, 4.69) is 10.4 Å². The Kier molecular flexibility index (Phi) is 5.01. The molecular formula is C15H21N3O2. The van der Waals surface area contributed by atoms with Gasteiger partial charge in [0.05, 0.1) is 19.9 Å². The maximum absolute atomic E-state index is 5.41. The van der Waals surface area contributed by atoms with Gasteiger partial charge in [-0.25, -0.2) is 0 Å². The number of nitrogens with zero attached hydrogens (tertiary/aromatic N) is 2. The molecule has 0 fully saturated rings. The fourth-order valence-corrected chi connectivity index (χ4v) is 2.13. The topological polar surface area (TPSA) is 48.3 Å². The molecular weight excluding hydrogens is 254 g/mol. The van der Waals surface area contributed by atoms with Crippen LogP contribution in [0.25, 0.3) is 0 Å². The van der Waals surface area contributed by atoms with E-state index in [1.165, 1.54) is 0 Å². The van der Waals surface area contributed by atoms with Gasteiger partial charge in [0.1, 0.15) is 0 Å². The highest BCUT2D eigenvalue weighted by Gasteiger charge is 2.08. The lowest BCUT2D eigenvalue weighted by molar-refractivity contribution is 0.350. The molecule has 1 aromatic carbocycles. The summed E-state index contributed by atoms with van der Waals surface area (Å²) in [6.07, 6.45) is 2.87. The number of ether oxygens (including phenoxy) is 2. The molecule has 0 bridgehead atoms. The van der Waals surface area contributed by atoms with Gasteiger partial charge in [0, 0.05) is 38.3 Å². The zero-order chi connectivity index (χ0) is 14.4. The van der Waals surface area contributed by atoms with E-state index in [0.29, 0.717) is 0 Å². The molecule has 2 aromatic rings. The lowest BCUT2D eigenvalue weighted by Gasteiger charge is -2.12. The number of rotatable bonds is 7. The smallest absolute Gasteiger partial charge is 0.165 e. The van der Waals surface area contributed by atoms with Crippen molar-refractivity contribution in [3.63, 3.8) is 0 Å². The van der Waals surface area contributed by atoms with Gasteiger partial charge in [-0.05, 0) is 12.1 Å². The first-order chi connectivity index (χ1) is 9.74. The summed E-state index contributed by atoms with van der Waals surface area (Å²) in [6, 6.07) is 7.94. The van der Waals surface area contributed by atoms with E-state index in [4.69, 9.17) is 9.47 Å². The maximum atomic E-state index is 5.41. The zero-order valence-electron chi connectivity index (χ0n) is 12.2. The molecule has 108 valence electrons. The minimum Gasteiger partial charge on any atom is -0.493 e. The molecule has 1 aromatic heterocycles. The lowest BCUT2D eigenvalue weighted by atomic mass is 10.2. The molecule has 0 radical (unpaired) electrons. The van der Waals surface area contributed by atoms with Gasteiger partial charge in [-0.2, -0.15) is 5.10 Å². The average molecular weight is 275 g/mol. The van der Waals surface area contributed by atoms with E-state index in [9.17, 15) is 0 Å². The zero-order valence-corrected chi connectivity index (χ0v) is 12.2. The highest BCUT2D eigenvalue weighted by Crippen LogP contribution is 2.30. The number of hydrogen-bond donors (Lipinski definition) is 1. The summed E-state index contributed by atoms with van der Waals surface area (Å²) >= 11 is 0. The minimum atomic E-state index is 0.743. The Morgan fingerprint density at radius 2 is 2.05 bits per heavy atom. The molecule has 1 heterocycles. The van der Waals surface area contributed by atoms with Crippen LogP contribution in [0.15, 0.2) is 30.5 Å². The Balaban J connectivity index is 1.87. The van der Waals surface area contributed by atoms with Gasteiger partial charge in [-0.15, -0.1) is 0 Å². The van der Waals surface area contributed by atoms with Crippen LogP contribution < -0.4 is 14.8 Å². The predicted molar refractivity (Wildman–Crippen MR) is 78.2 cm³/mol. The van der Waals surface area contributed by atoms with Crippen LogP contribution in [0, 0.1) is 0 Å². The van der Waals surface area contributed by atoms with E-state index in [-0.39, 0.29) is 0 Å². The van der Waals surface area contributed by atoms with Crippen molar-refractivity contribution in [3.05, 3.63) is 41.7 Å². The Hall–Kier alpha value is -2.01. The Morgan fingerprint density at radius 1 is 1.20 bits per heavy atom. The molecule has 20 heavy (non-hydrogen) atoms. The van der Waals surface area contributed by atoms with Gasteiger partial charge < -0.3 is 14.8 Å². The second kappa shape index (κ2) is 6.96. The van der Waals surface area contributed by atoms with Crippen LogP contribution in [0.2, 0.25) is 0 Å². The highest BCUT2D eigenvalue weighted by molar-refractivity contribution is 5.46. The van der Waals surface area contributed by atoms with Crippen LogP contribution in [0.4, 0.5) is 0 Å². The van der Waals surface area contributed by atoms with Gasteiger partial charge in [-0.1, -0.05) is 12.1 Å². The number of aryl methyl sites for hydroxylation is 1. The van der Waals surface area contributed by atoms with Crippen LogP contribution >= 0.6 is 0 Å². The summed E-state index contributed by atoms with van der Waals surface area (Å²) in [5.74, 6) is 1.55. The lowest BCUT2D eigenvalue weighted by Crippen LogP contribution is -2.17. The van der Waals surface area contributed by atoms with Crippen LogP contribution in [-0.4, -0.2) is 30.5 Å². The highest BCUT2D eigenvalue weighted by atomic mass is 16.5. The summed E-state index contributed by atoms with van der Waals surface area (Å²) in [6.45, 7) is 1.62. The Labute approximate surface area is 119 Å². The van der Waals surface area contributed by atoms with Crippen molar-refractivity contribution >= 4 is 0 Å². The van der Waals surface area contributed by atoms with Crippen molar-refractivity contribution in [1.29, 1.82) is 0 Å². The van der Waals surface area contributed by atoms with E-state index in [1.807, 2.05) is 42.2 Å². The van der Waals surface area contributed by atoms with Gasteiger partial charge in [-0.3, -0.25) is 4.68 Å². The Bertz CT molecular complexity index is 552. The van der Waals surface area contributed by atoms with E-state index < -0.39 is 0 Å². The second-order valence-electron chi connectivity index (χ2n) is 4.56. The normalized spacial score (nSPS) is 10.6. The molecule has 0 atom stereocenters. The monoisotopic (exact) mass is 275 g/mol. The third kappa shape index (κ3) is 3.51. The van der Waals surface area contributed by atoms with Gasteiger partial charge in [0.2, 0.25) is 0 Å². The first-order valence-electron chi connectivity index (χ1n) is 6.63. The van der Waals surface area contributed by atoms with E-state index >= 15 is 0 Å². The first-order valence-corrected chi connectivity index (χ1v) is 6.63. The maximum Gasteiger partial charge on any atom is 0.165 e. The quantitative estimate of drug-likeness (QED) is 0.782. The molecule has 0 amide bonds. The third-order valence-electron chi connectivity index (χ3n) is 3.13. The van der Waals surface area contributed by atoms with Gasteiger partial charge in [0.15, 0.2) is 11.5 Å². The number of para-hydroxylation sites is 1. The van der Waals surface area contributed by atoms with E-state index in [1.54, 1.807) is 14.2 Å². The van der Waals surface area contributed by atoms with Crippen molar-refractivity contribution in [2.75, 3.05) is 20.8 Å². The van der Waals surface area contributed by atoms with Gasteiger partial charge in [0.25, 0.3) is 0 Å². The SMILES string of the molecule is COc1cccc(CNCCc2ccn(C)n2)c1OC. The summed E-state index contributed by atoms with van der Waals surface area (Å²) < 4.78 is 12.5. The molecule has 1 N–H and O–H groups in total. The summed E-state index contributed by atoms with van der Waals surface area (Å²) in [7, 11) is 5.24. The summed E-state index contributed by atoms with van der Waals surface area (Å²) in [4.78, 5) is 0. The van der Waals surface area contributed by atoms with Crippen LogP contribution in [-0.2, 0) is 20.0 Å². The fourth-order valence-electron chi connectivity index (χ4n) is 2.13. The molecule has 5 heteroatoms. The van der Waals surface area contributed by atoms with Crippen molar-refractivity contribution in [1.82, 2.24) is 15.1 Å². The standard InChI is InChI=1S/C15H21N3O2/c1-18-10-8-13(17-18)7-9-16-11-12-5-4-6-14(19-2)15(12)20-3/h4-6,8,10,16H,7,9,11H2,1-3H3. The van der Waals surface area contributed by atoms with Crippen molar-refractivity contribution in [2.24, 2.45) is 7.05 Å². The molecule has 0 aliphatic carbocycles. The molecule has 5 nitrogen and oxygen atoms in total. The fraction of sp³-hybridized carbons (Fsp3) is 0.400. The second-order valence-corrected chi connectivity index (χ2v) is 4.56. The van der Waals surface area contributed by atoms with E-state index in [0.717, 1.165) is 42.3 Å². The van der Waals surface area contributed by atoms with Crippen LogP contribution in [0.1, 0.15) is 11.3 Å². The Morgan fingerprint density at radius 3 is 2.70 bits per heavy atom. The van der Waals surface area contributed by atoms with Crippen molar-refractivity contribution < 1.29 is 9.47 Å². The number of benzene rings is 1. The number of hydrogen-bond acceptors (Lipinski definition) is 4. The molecule has 0 unspecified atom stereocenters. The molecule has 0 aliphatic heterocycles. The first kappa shape index (κ1) is 14.4. The minimum absolute atomic E-state index is 0.743. The average Bonchev–Trinajstić information content (AvgIpc) is 2.88. The molecule has 2 rings (SSSR count).